The standard InChI is InChI=1S/C45H78N18O16/c1-22(57-44(78)35(24(3)66)63-40(74)28(12-13-31(48)67)59-37(71)25(47)9-4-6-14-46)36(70)58-27(11-8-16-54-45(50)51)38(72)60-26(10-5-7-15-53-42(76)30-17-52-21-79-30)39(73)61-29(20-64)41(75)62-34(23(2)65)43(77)56-19-33(69)55-18-32(49)68/h17,21-29,34-35,64-66H,4-16,18-20,46-47H2,1-3H3,(H2,48,67)(H2,49,68)(H,53,76)(H,55,69)(H,56,77)(H,57,78)(H,58,70)(H,59,71)(H,60,72)(H,61,73)(H,62,75)(H,63,74)(H4,50,51,54)/t22-,23+,24+,25-,26-,27-,28-,29-,34-,35-/m0/s1. The Kier molecular flexibility index (Phi) is 32.2. The predicted molar refractivity (Wildman–Crippen MR) is 277 cm³/mol. The molecule has 0 bridgehead atoms. The molecule has 0 aromatic carbocycles. The van der Waals surface area contributed by atoms with E-state index in [9.17, 15) is 72.9 Å². The molecule has 0 saturated carbocycles. The summed E-state index contributed by atoms with van der Waals surface area (Å²) >= 11 is 0. The van der Waals surface area contributed by atoms with E-state index in [-0.39, 0.29) is 76.2 Å². The quantitative estimate of drug-likeness (QED) is 0.0165. The monoisotopic (exact) mass is 1130 g/mol. The molecule has 12 amide bonds. The lowest BCUT2D eigenvalue weighted by Crippen LogP contribution is -2.61. The molecule has 34 heteroatoms. The molecule has 1 aromatic heterocycles. The van der Waals surface area contributed by atoms with Crippen LogP contribution in [0, 0.1) is 0 Å². The molecule has 0 radical (unpaired) electrons. The molecule has 0 spiro atoms. The number of rotatable bonds is 39. The molecule has 0 unspecified atom stereocenters. The number of unbranched alkanes of at least 4 members (excludes halogenated alkanes) is 2. The number of hydrogen-bond donors (Lipinski definition) is 19. The molecule has 444 valence electrons. The van der Waals surface area contributed by atoms with Crippen LogP contribution in [0.4, 0.5) is 0 Å². The van der Waals surface area contributed by atoms with Gasteiger partial charge in [-0.25, -0.2) is 4.98 Å². The zero-order valence-electron chi connectivity index (χ0n) is 44.2. The Morgan fingerprint density at radius 3 is 1.66 bits per heavy atom. The molecule has 0 aliphatic carbocycles. The summed E-state index contributed by atoms with van der Waals surface area (Å²) in [4.78, 5) is 163. The van der Waals surface area contributed by atoms with Crippen molar-refractivity contribution in [1.82, 2.24) is 58.2 Å². The molecule has 1 rings (SSSR count). The number of nitrogens with zero attached hydrogens (tertiary/aromatic N) is 2. The lowest BCUT2D eigenvalue weighted by molar-refractivity contribution is -0.137. The number of aliphatic hydroxyl groups excluding tert-OH is 3. The maximum Gasteiger partial charge on any atom is 0.288 e. The number of nitrogens with one attached hydrogen (secondary N) is 10. The summed E-state index contributed by atoms with van der Waals surface area (Å²) in [5.41, 5.74) is 32.6. The van der Waals surface area contributed by atoms with Gasteiger partial charge in [0.1, 0.15) is 42.3 Å². The normalized spacial score (nSPS) is 14.7. The van der Waals surface area contributed by atoms with Gasteiger partial charge in [-0.1, -0.05) is 6.42 Å². The fourth-order valence-corrected chi connectivity index (χ4v) is 6.85. The molecule has 79 heavy (non-hydrogen) atoms. The van der Waals surface area contributed by atoms with Crippen LogP contribution in [-0.4, -0.2) is 197 Å². The van der Waals surface area contributed by atoms with E-state index < -0.39 is 151 Å². The number of aromatic nitrogens is 1. The van der Waals surface area contributed by atoms with Crippen LogP contribution in [0.1, 0.15) is 95.5 Å². The van der Waals surface area contributed by atoms with Crippen molar-refractivity contribution in [2.24, 2.45) is 39.4 Å². The van der Waals surface area contributed by atoms with Gasteiger partial charge in [0.2, 0.25) is 70.7 Å². The first kappa shape index (κ1) is 68.9. The molecule has 1 aromatic rings. The minimum Gasteiger partial charge on any atom is -0.438 e. The SMILES string of the molecule is C[C@H](NC(=O)[C@@H](NC(=O)[C@H](CCC(N)=O)NC(=O)[C@@H](N)CCCCN)[C@@H](C)O)C(=O)N[C@@H](CCCN=C(N)N)C(=O)N[C@@H](CCCCNC(=O)c1cnco1)C(=O)N[C@@H](CO)C(=O)N[C@H](C(=O)NCC(=O)NCC(N)=O)[C@@H](C)O. The zero-order chi connectivity index (χ0) is 59.8. The Balaban J connectivity index is 3.40. The summed E-state index contributed by atoms with van der Waals surface area (Å²) < 4.78 is 4.97. The van der Waals surface area contributed by atoms with Gasteiger partial charge < -0.3 is 107 Å². The number of amides is 12. The summed E-state index contributed by atoms with van der Waals surface area (Å²) in [6, 6.07) is -12.5. The minimum absolute atomic E-state index is 0.0306. The highest BCUT2D eigenvalue weighted by Crippen LogP contribution is 2.09. The lowest BCUT2D eigenvalue weighted by Gasteiger charge is -2.28. The van der Waals surface area contributed by atoms with Crippen LogP contribution >= 0.6 is 0 Å². The van der Waals surface area contributed by atoms with E-state index in [0.717, 1.165) is 20.2 Å². The van der Waals surface area contributed by atoms with E-state index >= 15 is 0 Å². The molecular weight excluding hydrogens is 1050 g/mol. The molecule has 1 heterocycles. The van der Waals surface area contributed by atoms with Gasteiger partial charge in [0.05, 0.1) is 44.1 Å². The molecule has 0 aliphatic rings. The Morgan fingerprint density at radius 2 is 1.11 bits per heavy atom. The lowest BCUT2D eigenvalue weighted by atomic mass is 10.0. The van der Waals surface area contributed by atoms with Crippen LogP contribution in [0.15, 0.2) is 22.0 Å². The van der Waals surface area contributed by atoms with Gasteiger partial charge >= 0.3 is 0 Å². The third-order valence-corrected chi connectivity index (χ3v) is 11.3. The van der Waals surface area contributed by atoms with E-state index in [2.05, 4.69) is 63.1 Å². The molecule has 34 nitrogen and oxygen atoms in total. The number of oxazole rings is 1. The number of hydrogen-bond acceptors (Lipinski definition) is 20. The Morgan fingerprint density at radius 1 is 0.582 bits per heavy atom. The van der Waals surface area contributed by atoms with Crippen molar-refractivity contribution < 1.29 is 77.3 Å². The van der Waals surface area contributed by atoms with Crippen molar-refractivity contribution in [2.45, 2.75) is 146 Å². The summed E-state index contributed by atoms with van der Waals surface area (Å²) in [6.07, 6.45) is -0.529. The maximum atomic E-state index is 14.2. The summed E-state index contributed by atoms with van der Waals surface area (Å²) in [5, 5.41) is 54.4. The highest BCUT2D eigenvalue weighted by Gasteiger charge is 2.35. The second-order valence-corrected chi connectivity index (χ2v) is 18.0. The summed E-state index contributed by atoms with van der Waals surface area (Å²) in [7, 11) is 0. The van der Waals surface area contributed by atoms with Gasteiger partial charge in [0.15, 0.2) is 12.4 Å². The fourth-order valence-electron chi connectivity index (χ4n) is 6.85. The van der Waals surface area contributed by atoms with Crippen molar-refractivity contribution >= 4 is 76.8 Å². The molecule has 0 fully saturated rings. The van der Waals surface area contributed by atoms with Crippen LogP contribution in [0.3, 0.4) is 0 Å². The van der Waals surface area contributed by atoms with Crippen LogP contribution in [0.25, 0.3) is 0 Å². The summed E-state index contributed by atoms with van der Waals surface area (Å²) in [6.45, 7) is 1.42. The fraction of sp³-hybridized carbons (Fsp3) is 0.644. The Hall–Kier alpha value is -8.08. The van der Waals surface area contributed by atoms with Crippen LogP contribution < -0.4 is 87.6 Å². The number of carbonyl (C=O) groups is 12. The first-order valence-corrected chi connectivity index (χ1v) is 25.1. The van der Waals surface area contributed by atoms with Crippen molar-refractivity contribution in [3.8, 4) is 0 Å². The number of guanidine groups is 1. The number of primary amides is 2. The van der Waals surface area contributed by atoms with Gasteiger partial charge in [0, 0.05) is 19.5 Å². The molecule has 25 N–H and O–H groups in total. The largest absolute Gasteiger partial charge is 0.438 e. The zero-order valence-corrected chi connectivity index (χ0v) is 44.2. The highest BCUT2D eigenvalue weighted by molar-refractivity contribution is 5.98. The van der Waals surface area contributed by atoms with E-state index in [1.54, 1.807) is 0 Å². The van der Waals surface area contributed by atoms with E-state index in [0.29, 0.717) is 19.4 Å². The van der Waals surface area contributed by atoms with Gasteiger partial charge in [0.25, 0.3) is 5.91 Å². The van der Waals surface area contributed by atoms with E-state index in [4.69, 9.17) is 38.8 Å². The average Bonchev–Trinajstić information content (AvgIpc) is 3.94. The predicted octanol–water partition coefficient (Wildman–Crippen LogP) is -9.76. The second kappa shape index (κ2) is 36.9. The smallest absolute Gasteiger partial charge is 0.288 e. The number of aliphatic hydroxyl groups is 3. The number of carbonyl (C=O) groups excluding carboxylic acids is 12. The van der Waals surface area contributed by atoms with Gasteiger partial charge in [-0.2, -0.15) is 0 Å². The van der Waals surface area contributed by atoms with Gasteiger partial charge in [-0.05, 0) is 78.7 Å². The van der Waals surface area contributed by atoms with E-state index in [1.807, 2.05) is 0 Å². The second-order valence-electron chi connectivity index (χ2n) is 18.0. The van der Waals surface area contributed by atoms with Crippen molar-refractivity contribution in [3.63, 3.8) is 0 Å². The molecule has 0 aliphatic heterocycles. The van der Waals surface area contributed by atoms with Crippen molar-refractivity contribution in [3.05, 3.63) is 18.4 Å². The van der Waals surface area contributed by atoms with Crippen molar-refractivity contribution in [2.75, 3.05) is 39.3 Å². The number of nitrogens with two attached hydrogens (primary N) is 6. The third kappa shape index (κ3) is 27.7. The molecule has 10 atom stereocenters. The van der Waals surface area contributed by atoms with Gasteiger partial charge in [-0.3, -0.25) is 62.5 Å². The first-order valence-electron chi connectivity index (χ1n) is 25.1. The third-order valence-electron chi connectivity index (χ3n) is 11.3. The maximum absolute atomic E-state index is 14.2. The van der Waals surface area contributed by atoms with Gasteiger partial charge in [-0.15, -0.1) is 0 Å². The average molecular weight is 1130 g/mol. The van der Waals surface area contributed by atoms with E-state index in [1.165, 1.54) is 13.1 Å². The molecular formula is C45H78N18O16. The Labute approximate surface area is 454 Å². The van der Waals surface area contributed by atoms with Crippen LogP contribution in [-0.2, 0) is 52.7 Å². The minimum atomic E-state index is -1.84. The van der Waals surface area contributed by atoms with Crippen LogP contribution in [0.2, 0.25) is 0 Å². The number of aliphatic imine (C=N–C) groups is 1. The highest BCUT2D eigenvalue weighted by atomic mass is 16.3. The Bertz CT molecular complexity index is 2230. The van der Waals surface area contributed by atoms with Crippen molar-refractivity contribution in [1.29, 1.82) is 0 Å². The topological polar surface area (TPSA) is 580 Å². The molecule has 0 saturated heterocycles. The van der Waals surface area contributed by atoms with Crippen LogP contribution in [0.5, 0.6) is 0 Å². The summed E-state index contributed by atoms with van der Waals surface area (Å²) in [5.74, 6) is -11.8. The first-order chi connectivity index (χ1) is 37.2.